The van der Waals surface area contributed by atoms with Gasteiger partial charge >= 0.3 is 5.97 Å². The van der Waals surface area contributed by atoms with Crippen molar-refractivity contribution in [3.05, 3.63) is 32.7 Å². The molecule has 0 radical (unpaired) electrons. The number of thiazole rings is 1. The van der Waals surface area contributed by atoms with E-state index < -0.39 is 16.0 Å². The first-order chi connectivity index (χ1) is 12.5. The first kappa shape index (κ1) is 21.3. The number of nitrogens with one attached hydrogen (secondary N) is 2. The van der Waals surface area contributed by atoms with E-state index >= 15 is 0 Å². The molecule has 0 saturated carbocycles. The molecule has 8 nitrogen and oxygen atoms in total. The van der Waals surface area contributed by atoms with Gasteiger partial charge in [-0.2, -0.15) is 0 Å². The average Bonchev–Trinajstić information content (AvgIpc) is 2.90. The van der Waals surface area contributed by atoms with Gasteiger partial charge in [0.2, 0.25) is 5.91 Å². The van der Waals surface area contributed by atoms with Crippen molar-refractivity contribution < 1.29 is 22.7 Å². The number of hydrogen-bond acceptors (Lipinski definition) is 7. The standard InChI is InChI=1S/C16H18BrN3O5S2/c1-5-25-15(22)14-9(3)18-16(26-14)20-27(23,24)13-6-8(2)12(7-11(13)17)19-10(4)21/h6-7H,5H2,1-4H3,(H,18,20)(H,19,21). The minimum Gasteiger partial charge on any atom is -0.462 e. The molecule has 1 heterocycles. The van der Waals surface area contributed by atoms with Gasteiger partial charge in [-0.05, 0) is 54.4 Å². The number of halogens is 1. The van der Waals surface area contributed by atoms with Gasteiger partial charge < -0.3 is 10.1 Å². The van der Waals surface area contributed by atoms with Gasteiger partial charge in [0.1, 0.15) is 9.77 Å². The lowest BCUT2D eigenvalue weighted by Crippen LogP contribution is -2.15. The number of aryl methyl sites for hydroxylation is 2. The van der Waals surface area contributed by atoms with E-state index in [0.717, 1.165) is 11.3 Å². The number of rotatable bonds is 6. The molecule has 1 aromatic carbocycles. The highest BCUT2D eigenvalue weighted by Crippen LogP contribution is 2.31. The van der Waals surface area contributed by atoms with Crippen molar-refractivity contribution in [2.24, 2.45) is 0 Å². The Hall–Kier alpha value is -1.98. The van der Waals surface area contributed by atoms with Gasteiger partial charge in [-0.1, -0.05) is 11.3 Å². The quantitative estimate of drug-likeness (QED) is 0.618. The summed E-state index contributed by atoms with van der Waals surface area (Å²) >= 11 is 4.12. The minimum atomic E-state index is -3.97. The predicted octanol–water partition coefficient (Wildman–Crippen LogP) is 3.46. The Morgan fingerprint density at radius 2 is 1.96 bits per heavy atom. The molecule has 27 heavy (non-hydrogen) atoms. The molecule has 0 atom stereocenters. The van der Waals surface area contributed by atoms with Gasteiger partial charge in [-0.3, -0.25) is 9.52 Å². The Balaban J connectivity index is 2.35. The summed E-state index contributed by atoms with van der Waals surface area (Å²) in [5.74, 6) is -0.807. The number of amides is 1. The highest BCUT2D eigenvalue weighted by Gasteiger charge is 2.23. The number of ether oxygens (including phenoxy) is 1. The number of hydrogen-bond donors (Lipinski definition) is 2. The first-order valence-electron chi connectivity index (χ1n) is 7.80. The molecule has 0 aliphatic heterocycles. The largest absolute Gasteiger partial charge is 0.462 e. The van der Waals surface area contributed by atoms with Gasteiger partial charge in [-0.25, -0.2) is 18.2 Å². The zero-order valence-electron chi connectivity index (χ0n) is 15.0. The van der Waals surface area contributed by atoms with Crippen molar-refractivity contribution in [1.82, 2.24) is 4.98 Å². The van der Waals surface area contributed by atoms with Crippen LogP contribution in [0.3, 0.4) is 0 Å². The van der Waals surface area contributed by atoms with E-state index in [9.17, 15) is 18.0 Å². The van der Waals surface area contributed by atoms with Crippen LogP contribution in [0.25, 0.3) is 0 Å². The second-order valence-electron chi connectivity index (χ2n) is 5.54. The lowest BCUT2D eigenvalue weighted by Gasteiger charge is -2.12. The number of esters is 1. The Labute approximate surface area is 169 Å². The molecule has 1 aromatic heterocycles. The van der Waals surface area contributed by atoms with Crippen LogP contribution in [-0.2, 0) is 19.6 Å². The van der Waals surface area contributed by atoms with Crippen molar-refractivity contribution in [2.45, 2.75) is 32.6 Å². The molecule has 0 fully saturated rings. The van der Waals surface area contributed by atoms with Crippen LogP contribution in [0.4, 0.5) is 10.8 Å². The molecule has 146 valence electrons. The fourth-order valence-corrected chi connectivity index (χ4v) is 5.40. The maximum atomic E-state index is 12.7. The summed E-state index contributed by atoms with van der Waals surface area (Å²) in [5.41, 5.74) is 1.46. The molecule has 2 rings (SSSR count). The summed E-state index contributed by atoms with van der Waals surface area (Å²) in [4.78, 5) is 27.4. The number of carbonyl (C=O) groups is 2. The summed E-state index contributed by atoms with van der Waals surface area (Å²) in [5, 5.41) is 2.69. The zero-order chi connectivity index (χ0) is 20.4. The molecule has 0 aliphatic carbocycles. The average molecular weight is 476 g/mol. The number of sulfonamides is 1. The van der Waals surface area contributed by atoms with E-state index in [1.54, 1.807) is 20.8 Å². The highest BCUT2D eigenvalue weighted by molar-refractivity contribution is 9.10. The van der Waals surface area contributed by atoms with Gasteiger partial charge in [-0.15, -0.1) is 0 Å². The van der Waals surface area contributed by atoms with E-state index in [0.29, 0.717) is 16.9 Å². The van der Waals surface area contributed by atoms with Crippen LogP contribution in [0.1, 0.15) is 34.8 Å². The van der Waals surface area contributed by atoms with E-state index in [1.165, 1.54) is 19.1 Å². The highest BCUT2D eigenvalue weighted by atomic mass is 79.9. The third kappa shape index (κ3) is 5.05. The number of nitrogens with zero attached hydrogens (tertiary/aromatic N) is 1. The summed E-state index contributed by atoms with van der Waals surface area (Å²) < 4.78 is 33.1. The van der Waals surface area contributed by atoms with Crippen molar-refractivity contribution in [2.75, 3.05) is 16.6 Å². The van der Waals surface area contributed by atoms with E-state index in [1.807, 2.05) is 0 Å². The lowest BCUT2D eigenvalue weighted by atomic mass is 10.2. The van der Waals surface area contributed by atoms with Crippen LogP contribution in [0.5, 0.6) is 0 Å². The Morgan fingerprint density at radius 1 is 1.30 bits per heavy atom. The molecule has 11 heteroatoms. The summed E-state index contributed by atoms with van der Waals surface area (Å²) in [6.45, 7) is 6.55. The maximum Gasteiger partial charge on any atom is 0.350 e. The fourth-order valence-electron chi connectivity index (χ4n) is 2.18. The van der Waals surface area contributed by atoms with Gasteiger partial charge in [0.15, 0.2) is 5.13 Å². The third-order valence-corrected chi connectivity index (χ3v) is 6.84. The lowest BCUT2D eigenvalue weighted by molar-refractivity contribution is -0.114. The van der Waals surface area contributed by atoms with E-state index in [-0.39, 0.29) is 31.9 Å². The second-order valence-corrected chi connectivity index (χ2v) is 9.04. The SMILES string of the molecule is CCOC(=O)c1sc(NS(=O)(=O)c2cc(C)c(NC(C)=O)cc2Br)nc1C. The molecule has 0 bridgehead atoms. The number of carbonyl (C=O) groups excluding carboxylic acids is 2. The van der Waals surface area contributed by atoms with E-state index in [4.69, 9.17) is 4.74 Å². The van der Waals surface area contributed by atoms with Crippen molar-refractivity contribution in [3.8, 4) is 0 Å². The minimum absolute atomic E-state index is 0.0142. The Kier molecular flexibility index (Phi) is 6.60. The number of benzene rings is 1. The molecule has 0 unspecified atom stereocenters. The molecule has 2 N–H and O–H groups in total. The maximum absolute atomic E-state index is 12.7. The second kappa shape index (κ2) is 8.36. The predicted molar refractivity (Wildman–Crippen MR) is 107 cm³/mol. The molecule has 0 aliphatic rings. The Morgan fingerprint density at radius 3 is 2.56 bits per heavy atom. The molecule has 0 saturated heterocycles. The van der Waals surface area contributed by atoms with Gasteiger partial charge in [0.05, 0.1) is 12.3 Å². The first-order valence-corrected chi connectivity index (χ1v) is 10.9. The zero-order valence-corrected chi connectivity index (χ0v) is 18.3. The van der Waals surface area contributed by atoms with E-state index in [2.05, 4.69) is 31.0 Å². The fraction of sp³-hybridized carbons (Fsp3) is 0.312. The topological polar surface area (TPSA) is 114 Å². The number of aromatic nitrogens is 1. The normalized spacial score (nSPS) is 11.1. The van der Waals surface area contributed by atoms with Gasteiger partial charge in [0.25, 0.3) is 10.0 Å². The molecular formula is C16H18BrN3O5S2. The summed E-state index contributed by atoms with van der Waals surface area (Å²) in [6, 6.07) is 2.95. The monoisotopic (exact) mass is 475 g/mol. The smallest absolute Gasteiger partial charge is 0.350 e. The summed E-state index contributed by atoms with van der Waals surface area (Å²) in [6.07, 6.45) is 0. The third-order valence-electron chi connectivity index (χ3n) is 3.36. The molecular weight excluding hydrogens is 458 g/mol. The van der Waals surface area contributed by atoms with Crippen LogP contribution in [0.2, 0.25) is 0 Å². The van der Waals surface area contributed by atoms with Crippen molar-refractivity contribution in [3.63, 3.8) is 0 Å². The Bertz CT molecular complexity index is 1000. The van der Waals surface area contributed by atoms with Crippen molar-refractivity contribution >= 4 is 60.0 Å². The van der Waals surface area contributed by atoms with Crippen molar-refractivity contribution in [1.29, 1.82) is 0 Å². The molecule has 1 amide bonds. The van der Waals surface area contributed by atoms with Gasteiger partial charge in [0, 0.05) is 17.1 Å². The number of anilines is 2. The summed E-state index contributed by atoms with van der Waals surface area (Å²) in [7, 11) is -3.97. The van der Waals surface area contributed by atoms with Crippen LogP contribution in [0, 0.1) is 13.8 Å². The van der Waals surface area contributed by atoms with Crippen LogP contribution in [-0.4, -0.2) is 31.9 Å². The van der Waals surface area contributed by atoms with Crippen LogP contribution >= 0.6 is 27.3 Å². The van der Waals surface area contributed by atoms with Crippen LogP contribution in [0.15, 0.2) is 21.5 Å². The van der Waals surface area contributed by atoms with Crippen LogP contribution < -0.4 is 10.0 Å². The molecule has 0 spiro atoms. The molecule has 2 aromatic rings.